The first-order valence-electron chi connectivity index (χ1n) is 17.4. The van der Waals surface area contributed by atoms with Gasteiger partial charge in [-0.25, -0.2) is 0 Å². The molecule has 43 heavy (non-hydrogen) atoms. The van der Waals surface area contributed by atoms with E-state index in [1.54, 1.807) is 0 Å². The van der Waals surface area contributed by atoms with Crippen molar-refractivity contribution < 1.29 is 34.5 Å². The maximum Gasteiger partial charge on any atom is 0.320 e. The van der Waals surface area contributed by atoms with E-state index in [1.807, 2.05) is 0 Å². The summed E-state index contributed by atoms with van der Waals surface area (Å²) in [5, 5.41) is 30.2. The van der Waals surface area contributed by atoms with Gasteiger partial charge in [0.15, 0.2) is 0 Å². The first-order chi connectivity index (χ1) is 20.8. The summed E-state index contributed by atoms with van der Waals surface area (Å²) in [6.45, 7) is 1.39. The number of unbranched alkanes of at least 4 members (excludes halogenated alkanes) is 21. The van der Waals surface area contributed by atoms with Crippen LogP contribution in [-0.4, -0.2) is 69.7 Å². The lowest BCUT2D eigenvalue weighted by Gasteiger charge is -2.25. The van der Waals surface area contributed by atoms with Gasteiger partial charge in [0, 0.05) is 13.0 Å². The topological polar surface area (TPSA) is 144 Å². The Balaban J connectivity index is 3.55. The van der Waals surface area contributed by atoms with Crippen molar-refractivity contribution in [1.29, 1.82) is 0 Å². The first kappa shape index (κ1) is 40.8. The molecule has 9 nitrogen and oxygen atoms in total. The predicted molar refractivity (Wildman–Crippen MR) is 172 cm³/mol. The Kier molecular flexibility index (Phi) is 28.4. The Morgan fingerprint density at radius 2 is 0.907 bits per heavy atom. The highest BCUT2D eigenvalue weighted by Gasteiger charge is 2.28. The van der Waals surface area contributed by atoms with Crippen LogP contribution >= 0.6 is 0 Å². The fraction of sp³-hybridized carbons (Fsp3) is 0.882. The van der Waals surface area contributed by atoms with Crippen molar-refractivity contribution in [3.05, 3.63) is 0 Å². The van der Waals surface area contributed by atoms with Gasteiger partial charge < -0.3 is 20.6 Å². The third kappa shape index (κ3) is 28.4. The number of hydrogen-bond acceptors (Lipinski definition) is 5. The monoisotopic (exact) mass is 612 g/mol. The van der Waals surface area contributed by atoms with Gasteiger partial charge in [-0.15, -0.1) is 0 Å². The van der Waals surface area contributed by atoms with Gasteiger partial charge in [0.2, 0.25) is 5.91 Å². The van der Waals surface area contributed by atoms with Gasteiger partial charge in [-0.3, -0.25) is 24.1 Å². The molecule has 1 unspecified atom stereocenters. The Morgan fingerprint density at radius 1 is 0.535 bits per heavy atom. The summed E-state index contributed by atoms with van der Waals surface area (Å²) in [7, 11) is 0. The first-order valence-corrected chi connectivity index (χ1v) is 17.4. The van der Waals surface area contributed by atoms with Crippen LogP contribution in [0.2, 0.25) is 0 Å². The van der Waals surface area contributed by atoms with Crippen LogP contribution in [0.4, 0.5) is 0 Å². The quantitative estimate of drug-likeness (QED) is 0.0550. The molecule has 4 N–H and O–H groups in total. The highest BCUT2D eigenvalue weighted by Crippen LogP contribution is 2.15. The molecular weight excluding hydrogens is 548 g/mol. The van der Waals surface area contributed by atoms with Crippen molar-refractivity contribution in [1.82, 2.24) is 10.2 Å². The third-order valence-electron chi connectivity index (χ3n) is 8.14. The molecule has 0 aliphatic carbocycles. The lowest BCUT2D eigenvalue weighted by atomic mass is 10.0. The van der Waals surface area contributed by atoms with Gasteiger partial charge >= 0.3 is 17.9 Å². The maximum atomic E-state index is 12.1. The Hall–Kier alpha value is -2.16. The fourth-order valence-corrected chi connectivity index (χ4v) is 5.58. The van der Waals surface area contributed by atoms with Gasteiger partial charge in [-0.05, 0) is 25.7 Å². The molecule has 0 aliphatic heterocycles. The molecule has 0 aromatic carbocycles. The van der Waals surface area contributed by atoms with E-state index in [2.05, 4.69) is 12.2 Å². The van der Waals surface area contributed by atoms with Crippen LogP contribution < -0.4 is 5.32 Å². The largest absolute Gasteiger partial charge is 0.480 e. The Morgan fingerprint density at radius 3 is 1.26 bits per heavy atom. The van der Waals surface area contributed by atoms with Crippen LogP contribution in [0.15, 0.2) is 0 Å². The standard InChI is InChI=1S/C34H64N2O7/c1-2-3-4-5-6-7-8-9-10-11-12-13-14-15-16-17-18-19-20-21-22-26-31(37)35-27-24-23-25-30(34(42)43)36(28-32(38)39)29-33(40)41/h30H,2-29H2,1H3,(H,35,37)(H,38,39)(H,40,41)(H,42,43). The molecule has 0 rings (SSSR count). The average molecular weight is 613 g/mol. The fourth-order valence-electron chi connectivity index (χ4n) is 5.58. The number of amides is 1. The van der Waals surface area contributed by atoms with Gasteiger partial charge in [0.05, 0.1) is 13.1 Å². The number of carbonyl (C=O) groups excluding carboxylic acids is 1. The Labute approximate surface area is 261 Å². The van der Waals surface area contributed by atoms with Crippen LogP contribution in [0.1, 0.15) is 167 Å². The number of carboxylic acid groups (broad SMARTS) is 3. The van der Waals surface area contributed by atoms with Gasteiger partial charge in [-0.1, -0.05) is 135 Å². The smallest absolute Gasteiger partial charge is 0.320 e. The summed E-state index contributed by atoms with van der Waals surface area (Å²) in [5.74, 6) is -3.81. The average Bonchev–Trinajstić information content (AvgIpc) is 2.94. The van der Waals surface area contributed by atoms with Gasteiger partial charge in [-0.2, -0.15) is 0 Å². The molecule has 0 aromatic heterocycles. The van der Waals surface area contributed by atoms with Crippen LogP contribution in [0, 0.1) is 0 Å². The SMILES string of the molecule is CCCCCCCCCCCCCCCCCCCCCCCC(=O)NCCCCC(C(=O)O)N(CC(=O)O)CC(=O)O. The summed E-state index contributed by atoms with van der Waals surface area (Å²) < 4.78 is 0. The lowest BCUT2D eigenvalue weighted by Crippen LogP contribution is -2.46. The number of nitrogens with one attached hydrogen (secondary N) is 1. The van der Waals surface area contributed by atoms with E-state index in [9.17, 15) is 24.3 Å². The molecule has 0 radical (unpaired) electrons. The normalized spacial score (nSPS) is 12.0. The summed E-state index contributed by atoms with van der Waals surface area (Å²) >= 11 is 0. The minimum Gasteiger partial charge on any atom is -0.480 e. The van der Waals surface area contributed by atoms with E-state index >= 15 is 0 Å². The Bertz CT molecular complexity index is 701. The summed E-state index contributed by atoms with van der Waals surface area (Å²) in [6, 6.07) is -1.19. The molecule has 0 saturated heterocycles. The van der Waals surface area contributed by atoms with Gasteiger partial charge in [0.1, 0.15) is 6.04 Å². The van der Waals surface area contributed by atoms with Crippen molar-refractivity contribution in [3.8, 4) is 0 Å². The highest BCUT2D eigenvalue weighted by molar-refractivity contribution is 5.78. The minimum absolute atomic E-state index is 0.00836. The molecule has 9 heteroatoms. The summed E-state index contributed by atoms with van der Waals surface area (Å²) in [5.41, 5.74) is 0. The second-order valence-corrected chi connectivity index (χ2v) is 12.2. The molecular formula is C34H64N2O7. The summed E-state index contributed by atoms with van der Waals surface area (Å²) in [6.07, 6.45) is 29.5. The van der Waals surface area contributed by atoms with Crippen LogP contribution in [0.5, 0.6) is 0 Å². The molecule has 1 atom stereocenters. The number of carboxylic acids is 3. The van der Waals surface area contributed by atoms with E-state index in [0.717, 1.165) is 24.2 Å². The number of hydrogen-bond donors (Lipinski definition) is 4. The molecule has 0 spiro atoms. The van der Waals surface area contributed by atoms with E-state index in [4.69, 9.17) is 10.2 Å². The molecule has 0 heterocycles. The molecule has 0 aliphatic rings. The zero-order chi connectivity index (χ0) is 32.0. The number of nitrogens with zero attached hydrogens (tertiary/aromatic N) is 1. The zero-order valence-corrected chi connectivity index (χ0v) is 27.3. The second kappa shape index (κ2) is 29.9. The highest BCUT2D eigenvalue weighted by atomic mass is 16.4. The van der Waals surface area contributed by atoms with E-state index in [1.165, 1.54) is 116 Å². The van der Waals surface area contributed by atoms with E-state index < -0.39 is 37.0 Å². The van der Waals surface area contributed by atoms with Gasteiger partial charge in [0.25, 0.3) is 0 Å². The zero-order valence-electron chi connectivity index (χ0n) is 27.3. The van der Waals surface area contributed by atoms with E-state index in [0.29, 0.717) is 25.8 Å². The second-order valence-electron chi connectivity index (χ2n) is 12.2. The van der Waals surface area contributed by atoms with Crippen molar-refractivity contribution in [2.45, 2.75) is 173 Å². The molecule has 0 fully saturated rings. The minimum atomic E-state index is -1.28. The van der Waals surface area contributed by atoms with Crippen LogP contribution in [-0.2, 0) is 19.2 Å². The van der Waals surface area contributed by atoms with Crippen molar-refractivity contribution in [3.63, 3.8) is 0 Å². The number of carbonyl (C=O) groups is 4. The number of aliphatic carboxylic acids is 3. The molecule has 0 bridgehead atoms. The molecule has 0 aromatic rings. The summed E-state index contributed by atoms with van der Waals surface area (Å²) in [4.78, 5) is 46.5. The number of rotatable bonds is 33. The lowest BCUT2D eigenvalue weighted by molar-refractivity contribution is -0.149. The van der Waals surface area contributed by atoms with Crippen LogP contribution in [0.3, 0.4) is 0 Å². The van der Waals surface area contributed by atoms with Crippen molar-refractivity contribution >= 4 is 23.8 Å². The third-order valence-corrected chi connectivity index (χ3v) is 8.14. The molecule has 1 amide bonds. The maximum absolute atomic E-state index is 12.1. The molecule has 252 valence electrons. The predicted octanol–water partition coefficient (Wildman–Crippen LogP) is 7.80. The molecule has 0 saturated carbocycles. The van der Waals surface area contributed by atoms with Crippen LogP contribution in [0.25, 0.3) is 0 Å². The van der Waals surface area contributed by atoms with Crippen molar-refractivity contribution in [2.75, 3.05) is 19.6 Å². The van der Waals surface area contributed by atoms with Crippen molar-refractivity contribution in [2.24, 2.45) is 0 Å². The van der Waals surface area contributed by atoms with E-state index in [-0.39, 0.29) is 12.3 Å².